The smallest absolute Gasteiger partial charge is 0.123 e. The van der Waals surface area contributed by atoms with Crippen LogP contribution in [-0.2, 0) is 0 Å². The van der Waals surface area contributed by atoms with E-state index in [1.165, 1.54) is 0 Å². The first kappa shape index (κ1) is 11.3. The van der Waals surface area contributed by atoms with Crippen molar-refractivity contribution >= 4 is 11.6 Å². The summed E-state index contributed by atoms with van der Waals surface area (Å²) in [4.78, 5) is 0. The fourth-order valence-corrected chi connectivity index (χ4v) is 1.41. The van der Waals surface area contributed by atoms with E-state index in [0.29, 0.717) is 10.8 Å². The molecule has 0 saturated carbocycles. The zero-order valence-corrected chi connectivity index (χ0v) is 8.95. The molecule has 3 N–H and O–H groups in total. The molecule has 14 heavy (non-hydrogen) atoms. The number of methoxy groups -OCH3 is 1. The molecular weight excluding hydrogens is 202 g/mol. The van der Waals surface area contributed by atoms with Crippen LogP contribution in [-0.4, -0.2) is 18.3 Å². The van der Waals surface area contributed by atoms with E-state index in [2.05, 4.69) is 0 Å². The van der Waals surface area contributed by atoms with Gasteiger partial charge in [-0.05, 0) is 25.1 Å². The Hall–Kier alpha value is -0.770. The third-order valence-corrected chi connectivity index (χ3v) is 2.31. The van der Waals surface area contributed by atoms with Gasteiger partial charge in [0.2, 0.25) is 0 Å². The molecule has 0 spiro atoms. The minimum absolute atomic E-state index is 0.483. The van der Waals surface area contributed by atoms with E-state index >= 15 is 0 Å². The molecule has 1 rings (SSSR count). The number of benzene rings is 1. The van der Waals surface area contributed by atoms with Crippen molar-refractivity contribution in [3.05, 3.63) is 28.8 Å². The summed E-state index contributed by atoms with van der Waals surface area (Å²) in [7, 11) is 1.56. The predicted molar refractivity (Wildman–Crippen MR) is 56.6 cm³/mol. The predicted octanol–water partition coefficient (Wildman–Crippen LogP) is 1.73. The molecule has 0 aliphatic carbocycles. The van der Waals surface area contributed by atoms with Gasteiger partial charge in [0.15, 0.2) is 0 Å². The number of hydrogen-bond donors (Lipinski definition) is 2. The van der Waals surface area contributed by atoms with Gasteiger partial charge in [0.1, 0.15) is 5.75 Å². The molecule has 3 nitrogen and oxygen atoms in total. The van der Waals surface area contributed by atoms with Gasteiger partial charge in [0, 0.05) is 10.6 Å². The highest BCUT2D eigenvalue weighted by atomic mass is 35.5. The molecule has 0 bridgehead atoms. The first-order chi connectivity index (χ1) is 6.56. The van der Waals surface area contributed by atoms with Crippen molar-refractivity contribution in [1.82, 2.24) is 0 Å². The van der Waals surface area contributed by atoms with Crippen LogP contribution < -0.4 is 10.5 Å². The highest BCUT2D eigenvalue weighted by molar-refractivity contribution is 6.30. The third-order valence-electron chi connectivity index (χ3n) is 2.07. The van der Waals surface area contributed by atoms with Crippen LogP contribution in [0.4, 0.5) is 0 Å². The number of ether oxygens (including phenoxy) is 1. The number of hydrogen-bond acceptors (Lipinski definition) is 3. The fourth-order valence-electron chi connectivity index (χ4n) is 1.23. The van der Waals surface area contributed by atoms with E-state index in [1.807, 2.05) is 0 Å². The van der Waals surface area contributed by atoms with Crippen molar-refractivity contribution in [2.45, 2.75) is 19.1 Å². The van der Waals surface area contributed by atoms with E-state index in [1.54, 1.807) is 32.2 Å². The quantitative estimate of drug-likeness (QED) is 0.808. The largest absolute Gasteiger partial charge is 0.496 e. The molecule has 0 unspecified atom stereocenters. The lowest BCUT2D eigenvalue weighted by Gasteiger charge is -2.18. The van der Waals surface area contributed by atoms with Gasteiger partial charge >= 0.3 is 0 Å². The maximum atomic E-state index is 9.36. The summed E-state index contributed by atoms with van der Waals surface area (Å²) in [5.41, 5.74) is 6.51. The Balaban J connectivity index is 3.10. The molecule has 0 heterocycles. The first-order valence-electron chi connectivity index (χ1n) is 4.33. The molecule has 1 aromatic rings. The number of nitrogens with two attached hydrogens (primary N) is 1. The second-order valence-corrected chi connectivity index (χ2v) is 3.59. The van der Waals surface area contributed by atoms with Gasteiger partial charge in [-0.2, -0.15) is 0 Å². The van der Waals surface area contributed by atoms with E-state index in [-0.39, 0.29) is 0 Å². The van der Waals surface area contributed by atoms with Gasteiger partial charge in [0.05, 0.1) is 19.3 Å². The maximum absolute atomic E-state index is 9.36. The van der Waals surface area contributed by atoms with Crippen molar-refractivity contribution in [2.75, 3.05) is 7.11 Å². The Morgan fingerprint density at radius 2 is 2.14 bits per heavy atom. The summed E-state index contributed by atoms with van der Waals surface area (Å²) in [6, 6.07) is 4.68. The minimum Gasteiger partial charge on any atom is -0.496 e. The van der Waals surface area contributed by atoms with Crippen LogP contribution in [0.3, 0.4) is 0 Å². The van der Waals surface area contributed by atoms with Crippen LogP contribution >= 0.6 is 11.6 Å². The summed E-state index contributed by atoms with van der Waals surface area (Å²) >= 11 is 5.83. The van der Waals surface area contributed by atoms with Crippen molar-refractivity contribution < 1.29 is 9.84 Å². The van der Waals surface area contributed by atoms with Crippen molar-refractivity contribution in [3.8, 4) is 5.75 Å². The third kappa shape index (κ3) is 2.38. The van der Waals surface area contributed by atoms with Crippen LogP contribution in [0.1, 0.15) is 18.5 Å². The van der Waals surface area contributed by atoms with Gasteiger partial charge in [-0.25, -0.2) is 0 Å². The van der Waals surface area contributed by atoms with E-state index in [0.717, 1.165) is 5.56 Å². The van der Waals surface area contributed by atoms with Crippen molar-refractivity contribution in [1.29, 1.82) is 0 Å². The highest BCUT2D eigenvalue weighted by Crippen LogP contribution is 2.28. The molecule has 0 aromatic heterocycles. The fraction of sp³-hybridized carbons (Fsp3) is 0.400. The maximum Gasteiger partial charge on any atom is 0.123 e. The van der Waals surface area contributed by atoms with Gasteiger partial charge in [-0.15, -0.1) is 0 Å². The number of aliphatic hydroxyl groups excluding tert-OH is 1. The molecule has 0 saturated heterocycles. The van der Waals surface area contributed by atoms with E-state index < -0.39 is 12.1 Å². The van der Waals surface area contributed by atoms with Crippen molar-refractivity contribution in [2.24, 2.45) is 5.73 Å². The summed E-state index contributed by atoms with van der Waals surface area (Å²) < 4.78 is 5.12. The minimum atomic E-state index is -0.637. The lowest BCUT2D eigenvalue weighted by atomic mass is 10.0. The lowest BCUT2D eigenvalue weighted by molar-refractivity contribution is 0.162. The summed E-state index contributed by atoms with van der Waals surface area (Å²) in [6.45, 7) is 1.63. The molecule has 4 heteroatoms. The zero-order chi connectivity index (χ0) is 10.7. The van der Waals surface area contributed by atoms with Crippen LogP contribution in [0.5, 0.6) is 5.75 Å². The molecule has 0 amide bonds. The SMILES string of the molecule is COc1ccc(Cl)cc1[C@@H](N)[C@@H](C)O. The normalized spacial score (nSPS) is 14.9. The van der Waals surface area contributed by atoms with E-state index in [4.69, 9.17) is 22.1 Å². The summed E-state index contributed by atoms with van der Waals surface area (Å²) in [5.74, 6) is 0.641. The second kappa shape index (κ2) is 4.64. The van der Waals surface area contributed by atoms with Crippen LogP contribution in [0.15, 0.2) is 18.2 Å². The number of rotatable bonds is 3. The standard InChI is InChI=1S/C10H14ClNO2/c1-6(13)10(12)8-5-7(11)3-4-9(8)14-2/h3-6,10,13H,12H2,1-2H3/t6-,10+/m1/s1. The highest BCUT2D eigenvalue weighted by Gasteiger charge is 2.16. The average Bonchev–Trinajstić information content (AvgIpc) is 2.16. The number of aliphatic hydroxyl groups is 1. The molecule has 0 radical (unpaired) electrons. The van der Waals surface area contributed by atoms with Gasteiger partial charge in [-0.1, -0.05) is 11.6 Å². The average molecular weight is 216 g/mol. The second-order valence-electron chi connectivity index (χ2n) is 3.15. The molecule has 78 valence electrons. The Labute approximate surface area is 88.4 Å². The Bertz CT molecular complexity index is 315. The van der Waals surface area contributed by atoms with Crippen molar-refractivity contribution in [3.63, 3.8) is 0 Å². The summed E-state index contributed by atoms with van der Waals surface area (Å²) in [6.07, 6.45) is -0.637. The molecular formula is C10H14ClNO2. The molecule has 0 fully saturated rings. The van der Waals surface area contributed by atoms with Crippen LogP contribution in [0.25, 0.3) is 0 Å². The monoisotopic (exact) mass is 215 g/mol. The Morgan fingerprint density at radius 1 is 1.50 bits per heavy atom. The lowest BCUT2D eigenvalue weighted by Crippen LogP contribution is -2.23. The van der Waals surface area contributed by atoms with Gasteiger partial charge in [-0.3, -0.25) is 0 Å². The molecule has 2 atom stereocenters. The Kier molecular flexibility index (Phi) is 3.75. The molecule has 1 aromatic carbocycles. The van der Waals surface area contributed by atoms with Crippen LogP contribution in [0.2, 0.25) is 5.02 Å². The first-order valence-corrected chi connectivity index (χ1v) is 4.71. The van der Waals surface area contributed by atoms with Gasteiger partial charge in [0.25, 0.3) is 0 Å². The number of halogens is 1. The van der Waals surface area contributed by atoms with Gasteiger partial charge < -0.3 is 15.6 Å². The molecule has 0 aliphatic rings. The topological polar surface area (TPSA) is 55.5 Å². The summed E-state index contributed by atoms with van der Waals surface area (Å²) in [5, 5.41) is 9.94. The zero-order valence-electron chi connectivity index (χ0n) is 8.20. The van der Waals surface area contributed by atoms with Crippen LogP contribution in [0, 0.1) is 0 Å². The molecule has 0 aliphatic heterocycles. The van der Waals surface area contributed by atoms with E-state index in [9.17, 15) is 5.11 Å². The Morgan fingerprint density at radius 3 is 2.64 bits per heavy atom.